The average molecular weight is 353 g/mol. The van der Waals surface area contributed by atoms with Crippen molar-refractivity contribution in [1.82, 2.24) is 14.5 Å². The maximum absolute atomic E-state index is 12.5. The summed E-state index contributed by atoms with van der Waals surface area (Å²) in [6.45, 7) is 2.69. The molecule has 2 rings (SSSR count). The molecule has 1 amide bonds. The van der Waals surface area contributed by atoms with Gasteiger partial charge in [-0.25, -0.2) is 13.1 Å². The predicted molar refractivity (Wildman–Crippen MR) is 94.6 cm³/mol. The van der Waals surface area contributed by atoms with Gasteiger partial charge in [-0.15, -0.1) is 0 Å². The summed E-state index contributed by atoms with van der Waals surface area (Å²) in [5.74, 6) is -0.0839. The number of nitrogens with one attached hydrogen (secondary N) is 1. The van der Waals surface area contributed by atoms with E-state index >= 15 is 0 Å². The quantitative estimate of drug-likeness (QED) is 0.755. The summed E-state index contributed by atoms with van der Waals surface area (Å²) in [5.41, 5.74) is 0.438. The third-order valence-corrected chi connectivity index (χ3v) is 5.57. The van der Waals surface area contributed by atoms with Crippen LogP contribution in [0.15, 0.2) is 29.2 Å². The molecule has 6 nitrogen and oxygen atoms in total. The van der Waals surface area contributed by atoms with Crippen LogP contribution in [0.25, 0.3) is 0 Å². The van der Waals surface area contributed by atoms with E-state index in [0.29, 0.717) is 12.1 Å². The highest BCUT2D eigenvalue weighted by Crippen LogP contribution is 2.16. The molecule has 134 valence electrons. The van der Waals surface area contributed by atoms with Crippen molar-refractivity contribution in [2.45, 2.75) is 30.6 Å². The van der Waals surface area contributed by atoms with Crippen molar-refractivity contribution in [2.24, 2.45) is 0 Å². The number of hydrogen-bond donors (Lipinski definition) is 1. The number of nitrogens with zero attached hydrogens (tertiary/aromatic N) is 2. The number of carbonyl (C=O) groups is 1. The lowest BCUT2D eigenvalue weighted by Gasteiger charge is -2.26. The van der Waals surface area contributed by atoms with E-state index < -0.39 is 10.0 Å². The number of carbonyl (C=O) groups excluding carboxylic acids is 1. The van der Waals surface area contributed by atoms with Crippen molar-refractivity contribution in [3.05, 3.63) is 29.8 Å². The zero-order chi connectivity index (χ0) is 17.6. The smallest absolute Gasteiger partial charge is 0.253 e. The molecular formula is C17H27N3O3S. The molecule has 0 bridgehead atoms. The molecule has 0 saturated carbocycles. The first-order valence-corrected chi connectivity index (χ1v) is 9.92. The van der Waals surface area contributed by atoms with Gasteiger partial charge in [0.25, 0.3) is 5.91 Å². The number of sulfonamides is 1. The van der Waals surface area contributed by atoms with Crippen molar-refractivity contribution in [3.63, 3.8) is 0 Å². The first-order valence-electron chi connectivity index (χ1n) is 8.44. The highest BCUT2D eigenvalue weighted by Gasteiger charge is 2.20. The van der Waals surface area contributed by atoms with Crippen LogP contribution in [0.5, 0.6) is 0 Å². The fraction of sp³-hybridized carbons (Fsp3) is 0.588. The number of amides is 1. The van der Waals surface area contributed by atoms with Crippen LogP contribution in [0, 0.1) is 0 Å². The monoisotopic (exact) mass is 353 g/mol. The Morgan fingerprint density at radius 2 is 1.92 bits per heavy atom. The first-order chi connectivity index (χ1) is 11.4. The molecule has 0 unspecified atom stereocenters. The molecule has 1 saturated heterocycles. The third kappa shape index (κ3) is 5.29. The zero-order valence-corrected chi connectivity index (χ0v) is 15.3. The van der Waals surface area contributed by atoms with Gasteiger partial charge in [-0.2, -0.15) is 0 Å². The summed E-state index contributed by atoms with van der Waals surface area (Å²) >= 11 is 0. The SMILES string of the molecule is CN(C)CCCNS(=O)(=O)c1cccc(C(=O)N2CCCCC2)c1. The van der Waals surface area contributed by atoms with Crippen LogP contribution < -0.4 is 4.72 Å². The van der Waals surface area contributed by atoms with Crippen LogP contribution in [-0.4, -0.2) is 64.4 Å². The van der Waals surface area contributed by atoms with Gasteiger partial charge in [0.15, 0.2) is 0 Å². The Bertz CT molecular complexity index is 653. The van der Waals surface area contributed by atoms with Gasteiger partial charge in [-0.05, 0) is 64.5 Å². The normalized spacial score (nSPS) is 15.7. The summed E-state index contributed by atoms with van der Waals surface area (Å²) in [6.07, 6.45) is 3.90. The summed E-state index contributed by atoms with van der Waals surface area (Å²) in [6, 6.07) is 6.32. The fourth-order valence-corrected chi connectivity index (χ4v) is 3.88. The van der Waals surface area contributed by atoms with E-state index in [1.165, 1.54) is 12.1 Å². The summed E-state index contributed by atoms with van der Waals surface area (Å²) in [5, 5.41) is 0. The van der Waals surface area contributed by atoms with Crippen LogP contribution in [0.4, 0.5) is 0 Å². The number of piperidine rings is 1. The van der Waals surface area contributed by atoms with Crippen LogP contribution in [0.1, 0.15) is 36.0 Å². The van der Waals surface area contributed by atoms with E-state index in [0.717, 1.165) is 45.3 Å². The molecule has 1 aliphatic heterocycles. The van der Waals surface area contributed by atoms with Crippen molar-refractivity contribution in [1.29, 1.82) is 0 Å². The van der Waals surface area contributed by atoms with Gasteiger partial charge in [0, 0.05) is 25.2 Å². The fourth-order valence-electron chi connectivity index (χ4n) is 2.76. The summed E-state index contributed by atoms with van der Waals surface area (Å²) < 4.78 is 27.4. The van der Waals surface area contributed by atoms with Gasteiger partial charge in [-0.3, -0.25) is 4.79 Å². The van der Waals surface area contributed by atoms with Crippen LogP contribution >= 0.6 is 0 Å². The number of likely N-dealkylation sites (tertiary alicyclic amines) is 1. The Balaban J connectivity index is 2.04. The molecule has 0 atom stereocenters. The Hall–Kier alpha value is -1.44. The van der Waals surface area contributed by atoms with E-state index in [4.69, 9.17) is 0 Å². The summed E-state index contributed by atoms with van der Waals surface area (Å²) in [7, 11) is 0.313. The lowest BCUT2D eigenvalue weighted by Crippen LogP contribution is -2.35. The molecular weight excluding hydrogens is 326 g/mol. The lowest BCUT2D eigenvalue weighted by atomic mass is 10.1. The second kappa shape index (κ2) is 8.60. The Labute approximate surface area is 144 Å². The predicted octanol–water partition coefficient (Wildman–Crippen LogP) is 1.54. The topological polar surface area (TPSA) is 69.7 Å². The lowest BCUT2D eigenvalue weighted by molar-refractivity contribution is 0.0724. The standard InChI is InChI=1S/C17H27N3O3S/c1-19(2)11-7-10-18-24(22,23)16-9-6-8-15(14-16)17(21)20-12-4-3-5-13-20/h6,8-9,14,18H,3-5,7,10-13H2,1-2H3. The average Bonchev–Trinajstić information content (AvgIpc) is 2.59. The van der Waals surface area contributed by atoms with Crippen LogP contribution in [0.2, 0.25) is 0 Å². The maximum atomic E-state index is 12.5. The highest BCUT2D eigenvalue weighted by atomic mass is 32.2. The van der Waals surface area contributed by atoms with Gasteiger partial charge >= 0.3 is 0 Å². The van der Waals surface area contributed by atoms with E-state index in [9.17, 15) is 13.2 Å². The van der Waals surface area contributed by atoms with E-state index in [2.05, 4.69) is 4.72 Å². The van der Waals surface area contributed by atoms with Crippen molar-refractivity contribution < 1.29 is 13.2 Å². The largest absolute Gasteiger partial charge is 0.339 e. The van der Waals surface area contributed by atoms with Crippen molar-refractivity contribution in [3.8, 4) is 0 Å². The maximum Gasteiger partial charge on any atom is 0.253 e. The molecule has 0 spiro atoms. The molecule has 1 fully saturated rings. The van der Waals surface area contributed by atoms with Gasteiger partial charge in [0.2, 0.25) is 10.0 Å². The Morgan fingerprint density at radius 1 is 1.21 bits per heavy atom. The van der Waals surface area contributed by atoms with Crippen molar-refractivity contribution in [2.75, 3.05) is 40.3 Å². The molecule has 1 aliphatic rings. The minimum Gasteiger partial charge on any atom is -0.339 e. The summed E-state index contributed by atoms with van der Waals surface area (Å²) in [4.78, 5) is 16.5. The van der Waals surface area contributed by atoms with Crippen LogP contribution in [0.3, 0.4) is 0 Å². The molecule has 7 heteroatoms. The molecule has 1 heterocycles. The first kappa shape index (κ1) is 18.9. The molecule has 0 aromatic heterocycles. The van der Waals surface area contributed by atoms with Gasteiger partial charge < -0.3 is 9.80 Å². The molecule has 1 N–H and O–H groups in total. The second-order valence-corrected chi connectivity index (χ2v) is 8.20. The van der Waals surface area contributed by atoms with Gasteiger partial charge in [-0.1, -0.05) is 6.07 Å². The second-order valence-electron chi connectivity index (χ2n) is 6.44. The van der Waals surface area contributed by atoms with Crippen molar-refractivity contribution >= 4 is 15.9 Å². The number of hydrogen-bond acceptors (Lipinski definition) is 4. The Morgan fingerprint density at radius 3 is 2.58 bits per heavy atom. The highest BCUT2D eigenvalue weighted by molar-refractivity contribution is 7.89. The zero-order valence-electron chi connectivity index (χ0n) is 14.5. The molecule has 24 heavy (non-hydrogen) atoms. The minimum atomic E-state index is -3.58. The number of benzene rings is 1. The molecule has 1 aromatic carbocycles. The molecule has 0 aliphatic carbocycles. The molecule has 0 radical (unpaired) electrons. The van der Waals surface area contributed by atoms with Crippen LogP contribution in [-0.2, 0) is 10.0 Å². The van der Waals surface area contributed by atoms with E-state index in [-0.39, 0.29) is 10.8 Å². The molecule has 1 aromatic rings. The Kier molecular flexibility index (Phi) is 6.77. The van der Waals surface area contributed by atoms with Gasteiger partial charge in [0.05, 0.1) is 4.90 Å². The minimum absolute atomic E-state index is 0.0839. The van der Waals surface area contributed by atoms with E-state index in [1.54, 1.807) is 17.0 Å². The number of rotatable bonds is 7. The van der Waals surface area contributed by atoms with E-state index in [1.807, 2.05) is 19.0 Å². The third-order valence-electron chi connectivity index (χ3n) is 4.11. The van der Waals surface area contributed by atoms with Gasteiger partial charge in [0.1, 0.15) is 0 Å².